The summed E-state index contributed by atoms with van der Waals surface area (Å²) in [6.07, 6.45) is 3.01. The van der Waals surface area contributed by atoms with Crippen molar-refractivity contribution in [1.82, 2.24) is 5.32 Å². The van der Waals surface area contributed by atoms with Crippen molar-refractivity contribution in [2.45, 2.75) is 0 Å². The highest BCUT2D eigenvalue weighted by Crippen LogP contribution is 1.99. The second-order valence-corrected chi connectivity index (χ2v) is 3.21. The Morgan fingerprint density at radius 2 is 2.44 bits per heavy atom. The molecule has 0 aliphatic carbocycles. The summed E-state index contributed by atoms with van der Waals surface area (Å²) >= 11 is 0. The van der Waals surface area contributed by atoms with Gasteiger partial charge in [0.05, 0.1) is 19.4 Å². The summed E-state index contributed by atoms with van der Waals surface area (Å²) in [5, 5.41) is 2.50. The zero-order valence-corrected chi connectivity index (χ0v) is 10.2. The van der Waals surface area contributed by atoms with Crippen LogP contribution in [0, 0.1) is 0 Å². The van der Waals surface area contributed by atoms with Crippen molar-refractivity contribution >= 4 is 11.9 Å². The van der Waals surface area contributed by atoms with Gasteiger partial charge in [-0.05, 0) is 12.1 Å². The maximum Gasteiger partial charge on any atom is 0.294 e. The molecule has 0 radical (unpaired) electrons. The minimum Gasteiger partial charge on any atom is -0.463 e. The maximum absolute atomic E-state index is 11.7. The van der Waals surface area contributed by atoms with E-state index in [1.54, 1.807) is 25.3 Å². The highest BCUT2D eigenvalue weighted by Gasteiger charge is 2.11. The molecular formula is C12H16N2O4. The van der Waals surface area contributed by atoms with Crippen LogP contribution in [0.1, 0.15) is 10.6 Å². The highest BCUT2D eigenvalue weighted by molar-refractivity contribution is 6.02. The number of ether oxygens (including phenoxy) is 2. The molecule has 98 valence electrons. The molecule has 18 heavy (non-hydrogen) atoms. The fraction of sp³-hybridized carbons (Fsp3) is 0.333. The minimum absolute atomic E-state index is 0.119. The van der Waals surface area contributed by atoms with Gasteiger partial charge in [0.15, 0.2) is 5.76 Å². The Morgan fingerprint density at radius 3 is 3.06 bits per heavy atom. The van der Waals surface area contributed by atoms with Crippen molar-refractivity contribution in [2.24, 2.45) is 4.99 Å². The number of rotatable bonds is 6. The molecule has 0 unspecified atom stereocenters. The molecule has 0 fully saturated rings. The van der Waals surface area contributed by atoms with Crippen LogP contribution in [0.15, 0.2) is 40.5 Å². The molecule has 0 spiro atoms. The van der Waals surface area contributed by atoms with Crippen LogP contribution in [0.4, 0.5) is 0 Å². The molecule has 0 aliphatic heterocycles. The Hall–Kier alpha value is -2.08. The van der Waals surface area contributed by atoms with Gasteiger partial charge in [-0.15, -0.1) is 6.58 Å². The predicted molar refractivity (Wildman–Crippen MR) is 66.5 cm³/mol. The van der Waals surface area contributed by atoms with E-state index in [0.717, 1.165) is 0 Å². The van der Waals surface area contributed by atoms with Crippen LogP contribution in [-0.4, -0.2) is 38.8 Å². The lowest BCUT2D eigenvalue weighted by molar-refractivity contribution is 0.0927. The molecule has 1 rings (SSSR count). The van der Waals surface area contributed by atoms with Crippen LogP contribution in [-0.2, 0) is 9.47 Å². The lowest BCUT2D eigenvalue weighted by atomic mass is 10.4. The molecule has 0 aromatic carbocycles. The number of nitrogens with zero attached hydrogens (tertiary/aromatic N) is 1. The van der Waals surface area contributed by atoms with E-state index in [0.29, 0.717) is 19.8 Å². The number of hydrogen-bond donors (Lipinski definition) is 1. The Morgan fingerprint density at radius 1 is 1.61 bits per heavy atom. The summed E-state index contributed by atoms with van der Waals surface area (Å²) in [5.41, 5.74) is 0. The first-order chi connectivity index (χ1) is 8.77. The van der Waals surface area contributed by atoms with Gasteiger partial charge in [0.2, 0.25) is 0 Å². The molecule has 6 heteroatoms. The lowest BCUT2D eigenvalue weighted by Gasteiger charge is -2.09. The van der Waals surface area contributed by atoms with Gasteiger partial charge in [0, 0.05) is 7.11 Å². The largest absolute Gasteiger partial charge is 0.463 e. The number of hydrogen-bond acceptors (Lipinski definition) is 5. The number of carbonyl (C=O) groups is 1. The quantitative estimate of drug-likeness (QED) is 0.357. The maximum atomic E-state index is 11.7. The average molecular weight is 252 g/mol. The zero-order chi connectivity index (χ0) is 13.2. The molecule has 1 amide bonds. The van der Waals surface area contributed by atoms with Crippen molar-refractivity contribution in [2.75, 3.05) is 26.9 Å². The summed E-state index contributed by atoms with van der Waals surface area (Å²) in [6.45, 7) is 4.59. The number of furan rings is 1. The number of aliphatic imine (C=N–C) groups is 1. The number of methoxy groups -OCH3 is 1. The third kappa shape index (κ3) is 4.84. The van der Waals surface area contributed by atoms with Crippen LogP contribution in [0.2, 0.25) is 0 Å². The molecule has 1 N–H and O–H groups in total. The van der Waals surface area contributed by atoms with Crippen molar-refractivity contribution < 1.29 is 18.7 Å². The SMILES string of the molecule is C=CCN=C(NC(=O)c1ccco1)OCCOC. The zero-order valence-electron chi connectivity index (χ0n) is 10.2. The van der Waals surface area contributed by atoms with E-state index in [2.05, 4.69) is 16.9 Å². The Labute approximate surface area is 105 Å². The van der Waals surface area contributed by atoms with E-state index >= 15 is 0 Å². The monoisotopic (exact) mass is 252 g/mol. The van der Waals surface area contributed by atoms with Crippen LogP contribution in [0.5, 0.6) is 0 Å². The number of nitrogens with one attached hydrogen (secondary N) is 1. The van der Waals surface area contributed by atoms with Gasteiger partial charge in [-0.1, -0.05) is 6.08 Å². The fourth-order valence-corrected chi connectivity index (χ4v) is 1.06. The molecule has 1 aromatic heterocycles. The van der Waals surface area contributed by atoms with Crippen LogP contribution in [0.25, 0.3) is 0 Å². The van der Waals surface area contributed by atoms with Gasteiger partial charge >= 0.3 is 0 Å². The van der Waals surface area contributed by atoms with Gasteiger partial charge in [-0.2, -0.15) is 0 Å². The summed E-state index contributed by atoms with van der Waals surface area (Å²) < 4.78 is 15.1. The average Bonchev–Trinajstić information content (AvgIpc) is 2.89. The van der Waals surface area contributed by atoms with Crippen molar-refractivity contribution in [3.8, 4) is 0 Å². The summed E-state index contributed by atoms with van der Waals surface area (Å²) in [5.74, 6) is -0.225. The molecule has 0 saturated heterocycles. The Balaban J connectivity index is 2.54. The van der Waals surface area contributed by atoms with Gasteiger partial charge in [0.1, 0.15) is 6.61 Å². The molecule has 1 aromatic rings. The molecule has 0 bridgehead atoms. The predicted octanol–water partition coefficient (Wildman–Crippen LogP) is 1.21. The van der Waals surface area contributed by atoms with Crippen molar-refractivity contribution in [1.29, 1.82) is 0 Å². The number of amidine groups is 1. The molecule has 0 saturated carbocycles. The third-order valence-electron chi connectivity index (χ3n) is 1.86. The van der Waals surface area contributed by atoms with E-state index in [4.69, 9.17) is 13.9 Å². The van der Waals surface area contributed by atoms with E-state index < -0.39 is 5.91 Å². The van der Waals surface area contributed by atoms with E-state index in [1.807, 2.05) is 0 Å². The Kier molecular flexibility index (Phi) is 6.27. The molecule has 0 aliphatic rings. The van der Waals surface area contributed by atoms with Crippen LogP contribution < -0.4 is 5.32 Å². The number of amides is 1. The highest BCUT2D eigenvalue weighted by atomic mass is 16.5. The summed E-state index contributed by atoms with van der Waals surface area (Å²) in [7, 11) is 1.56. The van der Waals surface area contributed by atoms with E-state index in [9.17, 15) is 4.79 Å². The Bertz CT molecular complexity index is 398. The molecule has 1 heterocycles. The minimum atomic E-state index is -0.416. The third-order valence-corrected chi connectivity index (χ3v) is 1.86. The fourth-order valence-electron chi connectivity index (χ4n) is 1.06. The van der Waals surface area contributed by atoms with Gasteiger partial charge in [0.25, 0.3) is 11.9 Å². The smallest absolute Gasteiger partial charge is 0.294 e. The molecule has 0 atom stereocenters. The van der Waals surface area contributed by atoms with Gasteiger partial charge in [-0.3, -0.25) is 10.1 Å². The first-order valence-electron chi connectivity index (χ1n) is 5.40. The van der Waals surface area contributed by atoms with E-state index in [-0.39, 0.29) is 11.8 Å². The van der Waals surface area contributed by atoms with E-state index in [1.165, 1.54) is 6.26 Å². The standard InChI is InChI=1S/C12H16N2O4/c1-3-6-13-12(18-9-8-16-2)14-11(15)10-5-4-7-17-10/h3-5,7H,1,6,8-9H2,2H3,(H,13,14,15). The van der Waals surface area contributed by atoms with Crippen molar-refractivity contribution in [3.63, 3.8) is 0 Å². The van der Waals surface area contributed by atoms with Gasteiger partial charge in [-0.25, -0.2) is 4.99 Å². The first-order valence-corrected chi connectivity index (χ1v) is 5.40. The van der Waals surface area contributed by atoms with Gasteiger partial charge < -0.3 is 13.9 Å². The molecule has 6 nitrogen and oxygen atoms in total. The number of carbonyl (C=O) groups excluding carboxylic acids is 1. The van der Waals surface area contributed by atoms with Crippen LogP contribution in [0.3, 0.4) is 0 Å². The summed E-state index contributed by atoms with van der Waals surface area (Å²) in [6, 6.07) is 3.30. The topological polar surface area (TPSA) is 73.1 Å². The second-order valence-electron chi connectivity index (χ2n) is 3.21. The lowest BCUT2D eigenvalue weighted by Crippen LogP contribution is -2.33. The van der Waals surface area contributed by atoms with Crippen LogP contribution >= 0.6 is 0 Å². The first kappa shape index (κ1) is 14.0. The summed E-state index contributed by atoms with van der Waals surface area (Å²) in [4.78, 5) is 15.7. The normalized spacial score (nSPS) is 11.1. The molecular weight excluding hydrogens is 236 g/mol. The van der Waals surface area contributed by atoms with Crippen molar-refractivity contribution in [3.05, 3.63) is 36.8 Å². The second kappa shape index (κ2) is 8.08.